The maximum Gasteiger partial charge on any atom is 0.161 e. The fourth-order valence-electron chi connectivity index (χ4n) is 1.66. The number of nitrogens with two attached hydrogens (primary N) is 1. The molecule has 3 rings (SSSR count). The van der Waals surface area contributed by atoms with Crippen molar-refractivity contribution in [2.24, 2.45) is 0 Å². The third kappa shape index (κ3) is 1.33. The number of H-pyrrole nitrogens is 1. The number of hydrogen-bond donors (Lipinski definition) is 2. The zero-order valence-electron chi connectivity index (χ0n) is 8.81. The van der Waals surface area contributed by atoms with Crippen molar-refractivity contribution in [2.45, 2.75) is 6.92 Å². The van der Waals surface area contributed by atoms with Gasteiger partial charge in [-0.3, -0.25) is 0 Å². The summed E-state index contributed by atoms with van der Waals surface area (Å²) in [5.41, 5.74) is 9.22. The van der Waals surface area contributed by atoms with Crippen LogP contribution in [0, 0.1) is 6.92 Å². The molecule has 0 fully saturated rings. The molecule has 0 bridgehead atoms. The molecule has 80 valence electrons. The average Bonchev–Trinajstić information content (AvgIpc) is 2.75. The van der Waals surface area contributed by atoms with E-state index in [1.54, 1.807) is 4.63 Å². The zero-order chi connectivity index (χ0) is 11.1. The molecule has 0 saturated carbocycles. The first-order valence-corrected chi connectivity index (χ1v) is 5.01. The third-order valence-electron chi connectivity index (χ3n) is 2.44. The molecule has 0 amide bonds. The van der Waals surface area contributed by atoms with Crippen LogP contribution in [0.2, 0.25) is 0 Å². The van der Waals surface area contributed by atoms with Crippen LogP contribution >= 0.6 is 0 Å². The van der Waals surface area contributed by atoms with E-state index in [4.69, 9.17) is 5.73 Å². The number of benzene rings is 1. The standard InChI is InChI=1S/C11H11N5/c1-7-6-10-13-11(15-16(10)14-7)8-2-4-9(12)5-3-8/h2-6H,12H2,1H3,(H,13,15). The minimum Gasteiger partial charge on any atom is -0.399 e. The van der Waals surface area contributed by atoms with E-state index < -0.39 is 0 Å². The largest absolute Gasteiger partial charge is 0.399 e. The van der Waals surface area contributed by atoms with E-state index >= 15 is 0 Å². The van der Waals surface area contributed by atoms with Crippen molar-refractivity contribution in [3.05, 3.63) is 36.0 Å². The molecule has 0 aliphatic rings. The third-order valence-corrected chi connectivity index (χ3v) is 2.44. The molecular formula is C11H11N5. The van der Waals surface area contributed by atoms with Gasteiger partial charge in [0, 0.05) is 17.3 Å². The van der Waals surface area contributed by atoms with E-state index in [1.807, 2.05) is 37.3 Å². The van der Waals surface area contributed by atoms with Crippen LogP contribution in [0.15, 0.2) is 30.3 Å². The molecule has 1 aromatic carbocycles. The Kier molecular flexibility index (Phi) is 1.73. The molecule has 0 aliphatic carbocycles. The fourth-order valence-corrected chi connectivity index (χ4v) is 1.66. The lowest BCUT2D eigenvalue weighted by atomic mass is 10.2. The number of fused-ring (bicyclic) bond motifs is 1. The van der Waals surface area contributed by atoms with Crippen molar-refractivity contribution in [3.8, 4) is 11.4 Å². The highest BCUT2D eigenvalue weighted by Gasteiger charge is 2.06. The molecule has 5 nitrogen and oxygen atoms in total. The van der Waals surface area contributed by atoms with Crippen molar-refractivity contribution in [1.29, 1.82) is 0 Å². The number of aromatic amines is 1. The topological polar surface area (TPSA) is 72.0 Å². The van der Waals surface area contributed by atoms with Crippen LogP contribution in [0.5, 0.6) is 0 Å². The Bertz CT molecular complexity index is 600. The van der Waals surface area contributed by atoms with Crippen LogP contribution in [0.1, 0.15) is 5.69 Å². The van der Waals surface area contributed by atoms with Crippen molar-refractivity contribution in [3.63, 3.8) is 0 Å². The first kappa shape index (κ1) is 8.96. The lowest BCUT2D eigenvalue weighted by Gasteiger charge is -1.96. The van der Waals surface area contributed by atoms with E-state index in [9.17, 15) is 0 Å². The van der Waals surface area contributed by atoms with Gasteiger partial charge in [-0.25, -0.2) is 0 Å². The second kappa shape index (κ2) is 3.10. The molecule has 3 N–H and O–H groups in total. The Hall–Kier alpha value is -2.30. The van der Waals surface area contributed by atoms with Gasteiger partial charge in [0.2, 0.25) is 0 Å². The van der Waals surface area contributed by atoms with Gasteiger partial charge >= 0.3 is 0 Å². The molecule has 2 aromatic heterocycles. The Morgan fingerprint density at radius 1 is 1.19 bits per heavy atom. The lowest BCUT2D eigenvalue weighted by molar-refractivity contribution is 0.810. The molecule has 0 saturated heterocycles. The van der Waals surface area contributed by atoms with Crippen LogP contribution in [-0.2, 0) is 0 Å². The molecule has 0 radical (unpaired) electrons. The zero-order valence-corrected chi connectivity index (χ0v) is 8.81. The quantitative estimate of drug-likeness (QED) is 0.603. The van der Waals surface area contributed by atoms with Crippen LogP contribution < -0.4 is 5.73 Å². The minimum atomic E-state index is 0.746. The van der Waals surface area contributed by atoms with Gasteiger partial charge in [-0.1, -0.05) is 0 Å². The molecule has 0 spiro atoms. The highest BCUT2D eigenvalue weighted by molar-refractivity contribution is 5.60. The van der Waals surface area contributed by atoms with Gasteiger partial charge in [-0.2, -0.15) is 5.10 Å². The summed E-state index contributed by atoms with van der Waals surface area (Å²) in [4.78, 5) is 3.20. The molecule has 2 heterocycles. The summed E-state index contributed by atoms with van der Waals surface area (Å²) in [5.74, 6) is 0.794. The monoisotopic (exact) mass is 213 g/mol. The summed E-state index contributed by atoms with van der Waals surface area (Å²) in [6.45, 7) is 1.94. The van der Waals surface area contributed by atoms with Crippen molar-refractivity contribution < 1.29 is 0 Å². The Morgan fingerprint density at radius 3 is 2.62 bits per heavy atom. The molecule has 0 unspecified atom stereocenters. The normalized spacial score (nSPS) is 11.1. The molecule has 3 aromatic rings. The van der Waals surface area contributed by atoms with E-state index in [0.29, 0.717) is 0 Å². The van der Waals surface area contributed by atoms with Gasteiger partial charge in [-0.15, -0.1) is 9.73 Å². The number of aryl methyl sites for hydroxylation is 1. The summed E-state index contributed by atoms with van der Waals surface area (Å²) in [7, 11) is 0. The van der Waals surface area contributed by atoms with Gasteiger partial charge < -0.3 is 10.7 Å². The summed E-state index contributed by atoms with van der Waals surface area (Å²) < 4.78 is 1.60. The van der Waals surface area contributed by atoms with Crippen LogP contribution in [0.25, 0.3) is 17.0 Å². The summed E-state index contributed by atoms with van der Waals surface area (Å²) in [6, 6.07) is 9.52. The molecule has 5 heteroatoms. The van der Waals surface area contributed by atoms with Crippen molar-refractivity contribution >= 4 is 11.3 Å². The maximum atomic E-state index is 5.63. The SMILES string of the molecule is Cc1cc2[nH]c(-c3ccc(N)cc3)nn2n1. The second-order valence-electron chi connectivity index (χ2n) is 3.76. The molecule has 16 heavy (non-hydrogen) atoms. The van der Waals surface area contributed by atoms with Gasteiger partial charge in [0.15, 0.2) is 11.5 Å². The average molecular weight is 213 g/mol. The number of aromatic nitrogens is 4. The van der Waals surface area contributed by atoms with Crippen LogP contribution in [0.3, 0.4) is 0 Å². The number of nitrogens with one attached hydrogen (secondary N) is 1. The molecular weight excluding hydrogens is 202 g/mol. The summed E-state index contributed by atoms with van der Waals surface area (Å²) in [6.07, 6.45) is 0. The number of anilines is 1. The fraction of sp³-hybridized carbons (Fsp3) is 0.0909. The van der Waals surface area contributed by atoms with Gasteiger partial charge in [-0.05, 0) is 31.2 Å². The number of rotatable bonds is 1. The van der Waals surface area contributed by atoms with Crippen LogP contribution in [-0.4, -0.2) is 19.8 Å². The van der Waals surface area contributed by atoms with Crippen molar-refractivity contribution in [2.75, 3.05) is 5.73 Å². The minimum absolute atomic E-state index is 0.746. The Morgan fingerprint density at radius 2 is 1.94 bits per heavy atom. The number of nitrogen functional groups attached to an aromatic ring is 1. The second-order valence-corrected chi connectivity index (χ2v) is 3.76. The predicted octanol–water partition coefficient (Wildman–Crippen LogP) is 1.62. The molecule has 0 aliphatic heterocycles. The van der Waals surface area contributed by atoms with E-state index in [2.05, 4.69) is 15.2 Å². The first-order valence-electron chi connectivity index (χ1n) is 5.01. The first-order chi connectivity index (χ1) is 7.72. The van der Waals surface area contributed by atoms with Crippen molar-refractivity contribution in [1.82, 2.24) is 19.8 Å². The maximum absolute atomic E-state index is 5.63. The number of nitrogens with zero attached hydrogens (tertiary/aromatic N) is 3. The van der Waals surface area contributed by atoms with Crippen LogP contribution in [0.4, 0.5) is 5.69 Å². The van der Waals surface area contributed by atoms with Gasteiger partial charge in [0.25, 0.3) is 0 Å². The Labute approximate surface area is 91.9 Å². The lowest BCUT2D eigenvalue weighted by Crippen LogP contribution is -1.89. The number of hydrogen-bond acceptors (Lipinski definition) is 3. The molecule has 0 atom stereocenters. The highest BCUT2D eigenvalue weighted by atomic mass is 15.5. The Balaban J connectivity index is 2.11. The summed E-state index contributed by atoms with van der Waals surface area (Å²) in [5, 5.41) is 8.57. The van der Waals surface area contributed by atoms with E-state index in [0.717, 1.165) is 28.4 Å². The van der Waals surface area contributed by atoms with E-state index in [1.165, 1.54) is 0 Å². The van der Waals surface area contributed by atoms with E-state index in [-0.39, 0.29) is 0 Å². The van der Waals surface area contributed by atoms with Gasteiger partial charge in [0.05, 0.1) is 5.69 Å². The highest BCUT2D eigenvalue weighted by Crippen LogP contribution is 2.17. The summed E-state index contributed by atoms with van der Waals surface area (Å²) >= 11 is 0. The predicted molar refractivity (Wildman–Crippen MR) is 61.9 cm³/mol. The smallest absolute Gasteiger partial charge is 0.161 e. The van der Waals surface area contributed by atoms with Gasteiger partial charge in [0.1, 0.15) is 0 Å².